The lowest BCUT2D eigenvalue weighted by atomic mass is 9.91. The van der Waals surface area contributed by atoms with Gasteiger partial charge >= 0.3 is 0 Å². The smallest absolute Gasteiger partial charge is 0.230 e. The number of carbonyl (C=O) groups excluding carboxylic acids is 1. The van der Waals surface area contributed by atoms with E-state index >= 15 is 0 Å². The fraction of sp³-hybridized carbons (Fsp3) is 0.526. The largest absolute Gasteiger partial charge is 0.342 e. The summed E-state index contributed by atoms with van der Waals surface area (Å²) in [5.74, 6) is 1.78. The highest BCUT2D eigenvalue weighted by atomic mass is 16.5. The molecule has 5 heteroatoms. The lowest BCUT2D eigenvalue weighted by Crippen LogP contribution is -2.43. The summed E-state index contributed by atoms with van der Waals surface area (Å²) in [6, 6.07) is 8.09. The van der Waals surface area contributed by atoms with Crippen molar-refractivity contribution in [3.63, 3.8) is 0 Å². The Morgan fingerprint density at radius 2 is 1.96 bits per heavy atom. The number of nitrogens with zero attached hydrogens (tertiary/aromatic N) is 3. The monoisotopic (exact) mass is 327 g/mol. The molecule has 2 aromatic rings. The van der Waals surface area contributed by atoms with Crippen LogP contribution in [0, 0.1) is 12.3 Å². The summed E-state index contributed by atoms with van der Waals surface area (Å²) in [5.41, 5.74) is 1.83. The third-order valence-electron chi connectivity index (χ3n) is 4.49. The Balaban J connectivity index is 1.67. The minimum absolute atomic E-state index is 0.215. The van der Waals surface area contributed by atoms with Crippen LogP contribution in [0.1, 0.15) is 51.0 Å². The molecular formula is C19H25N3O2. The minimum atomic E-state index is -0.324. The van der Waals surface area contributed by atoms with Crippen LogP contribution in [0.4, 0.5) is 0 Å². The van der Waals surface area contributed by atoms with E-state index in [9.17, 15) is 4.79 Å². The first-order chi connectivity index (χ1) is 11.3. The van der Waals surface area contributed by atoms with Crippen molar-refractivity contribution in [1.29, 1.82) is 0 Å². The van der Waals surface area contributed by atoms with Crippen molar-refractivity contribution in [3.8, 4) is 11.4 Å². The van der Waals surface area contributed by atoms with Crippen molar-refractivity contribution in [2.75, 3.05) is 13.1 Å². The number of hydrogen-bond acceptors (Lipinski definition) is 4. The van der Waals surface area contributed by atoms with Gasteiger partial charge in [0.15, 0.2) is 0 Å². The molecule has 24 heavy (non-hydrogen) atoms. The maximum absolute atomic E-state index is 12.4. The molecule has 1 amide bonds. The molecule has 0 aliphatic carbocycles. The normalized spacial score (nSPS) is 16.4. The van der Waals surface area contributed by atoms with Gasteiger partial charge in [0.05, 0.1) is 0 Å². The van der Waals surface area contributed by atoms with Crippen LogP contribution in [-0.2, 0) is 4.79 Å². The van der Waals surface area contributed by atoms with Crippen LogP contribution in [0.3, 0.4) is 0 Å². The maximum atomic E-state index is 12.4. The number of hydrogen-bond donors (Lipinski definition) is 0. The fourth-order valence-electron chi connectivity index (χ4n) is 3.11. The minimum Gasteiger partial charge on any atom is -0.342 e. The van der Waals surface area contributed by atoms with E-state index < -0.39 is 0 Å². The van der Waals surface area contributed by atoms with Crippen molar-refractivity contribution >= 4 is 5.91 Å². The second-order valence-electron chi connectivity index (χ2n) is 7.64. The van der Waals surface area contributed by atoms with E-state index in [0.29, 0.717) is 11.7 Å². The molecule has 1 fully saturated rings. The van der Waals surface area contributed by atoms with Crippen molar-refractivity contribution in [1.82, 2.24) is 15.0 Å². The molecule has 0 atom stereocenters. The summed E-state index contributed by atoms with van der Waals surface area (Å²) < 4.78 is 5.50. The van der Waals surface area contributed by atoms with E-state index in [1.54, 1.807) is 0 Å². The molecular weight excluding hydrogens is 302 g/mol. The molecule has 0 radical (unpaired) electrons. The molecule has 0 unspecified atom stereocenters. The average Bonchev–Trinajstić information content (AvgIpc) is 3.03. The van der Waals surface area contributed by atoms with E-state index in [-0.39, 0.29) is 17.2 Å². The zero-order valence-corrected chi connectivity index (χ0v) is 14.9. The SMILES string of the molecule is Cc1cccc(-c2noc(C3CCN(C(=O)C(C)(C)C)CC3)n2)c1. The summed E-state index contributed by atoms with van der Waals surface area (Å²) in [4.78, 5) is 18.9. The van der Waals surface area contributed by atoms with Gasteiger partial charge in [0.25, 0.3) is 0 Å². The lowest BCUT2D eigenvalue weighted by molar-refractivity contribution is -0.140. The molecule has 1 saturated heterocycles. The van der Waals surface area contributed by atoms with Crippen LogP contribution in [0.25, 0.3) is 11.4 Å². The molecule has 5 nitrogen and oxygen atoms in total. The third-order valence-corrected chi connectivity index (χ3v) is 4.49. The predicted octanol–water partition coefficient (Wildman–Crippen LogP) is 3.80. The van der Waals surface area contributed by atoms with Crippen LogP contribution < -0.4 is 0 Å². The van der Waals surface area contributed by atoms with E-state index in [1.807, 2.05) is 50.8 Å². The van der Waals surface area contributed by atoms with E-state index in [2.05, 4.69) is 16.2 Å². The Bertz CT molecular complexity index is 722. The van der Waals surface area contributed by atoms with Crippen molar-refractivity contribution < 1.29 is 9.32 Å². The van der Waals surface area contributed by atoms with Gasteiger partial charge in [-0.1, -0.05) is 49.7 Å². The number of likely N-dealkylation sites (tertiary alicyclic amines) is 1. The third kappa shape index (κ3) is 3.50. The van der Waals surface area contributed by atoms with Gasteiger partial charge in [-0.3, -0.25) is 4.79 Å². The van der Waals surface area contributed by atoms with Gasteiger partial charge in [-0.15, -0.1) is 0 Å². The molecule has 1 aliphatic heterocycles. The van der Waals surface area contributed by atoms with Gasteiger partial charge in [0, 0.05) is 30.0 Å². The van der Waals surface area contributed by atoms with Crippen LogP contribution in [0.15, 0.2) is 28.8 Å². The standard InChI is InChI=1S/C19H25N3O2/c1-13-6-5-7-15(12-13)16-20-17(24-21-16)14-8-10-22(11-9-14)18(23)19(2,3)4/h5-7,12,14H,8-11H2,1-4H3. The summed E-state index contributed by atoms with van der Waals surface area (Å²) in [7, 11) is 0. The van der Waals surface area contributed by atoms with Crippen molar-refractivity contribution in [3.05, 3.63) is 35.7 Å². The first kappa shape index (κ1) is 16.7. The summed E-state index contributed by atoms with van der Waals surface area (Å²) in [5, 5.41) is 4.13. The van der Waals surface area contributed by atoms with E-state index in [0.717, 1.165) is 31.5 Å². The van der Waals surface area contributed by atoms with Crippen LogP contribution in [0.5, 0.6) is 0 Å². The highest BCUT2D eigenvalue weighted by molar-refractivity contribution is 5.81. The Labute approximate surface area is 143 Å². The second-order valence-corrected chi connectivity index (χ2v) is 7.64. The number of amides is 1. The Morgan fingerprint density at radius 3 is 2.58 bits per heavy atom. The lowest BCUT2D eigenvalue weighted by Gasteiger charge is -2.34. The number of aryl methyl sites for hydroxylation is 1. The maximum Gasteiger partial charge on any atom is 0.230 e. The molecule has 128 valence electrons. The number of rotatable bonds is 2. The predicted molar refractivity (Wildman–Crippen MR) is 92.5 cm³/mol. The van der Waals surface area contributed by atoms with Crippen LogP contribution in [-0.4, -0.2) is 34.0 Å². The molecule has 3 rings (SSSR count). The molecule has 0 spiro atoms. The summed E-state index contributed by atoms with van der Waals surface area (Å²) >= 11 is 0. The van der Waals surface area contributed by atoms with Gasteiger partial charge in [0.1, 0.15) is 0 Å². The molecule has 1 aromatic carbocycles. The van der Waals surface area contributed by atoms with E-state index in [1.165, 1.54) is 5.56 Å². The number of aromatic nitrogens is 2. The Kier molecular flexibility index (Phi) is 4.43. The van der Waals surface area contributed by atoms with Gasteiger partial charge in [-0.25, -0.2) is 0 Å². The van der Waals surface area contributed by atoms with Gasteiger partial charge in [0.2, 0.25) is 17.6 Å². The Morgan fingerprint density at radius 1 is 1.25 bits per heavy atom. The zero-order chi connectivity index (χ0) is 17.3. The molecule has 1 aromatic heterocycles. The highest BCUT2D eigenvalue weighted by Crippen LogP contribution is 2.30. The van der Waals surface area contributed by atoms with E-state index in [4.69, 9.17) is 4.52 Å². The topological polar surface area (TPSA) is 59.2 Å². The molecule has 0 N–H and O–H groups in total. The average molecular weight is 327 g/mol. The summed E-state index contributed by atoms with van der Waals surface area (Å²) in [6.45, 7) is 9.45. The quantitative estimate of drug-likeness (QED) is 0.842. The fourth-order valence-corrected chi connectivity index (χ4v) is 3.11. The Hall–Kier alpha value is -2.17. The zero-order valence-electron chi connectivity index (χ0n) is 14.9. The second kappa shape index (κ2) is 6.38. The highest BCUT2D eigenvalue weighted by Gasteiger charge is 2.32. The summed E-state index contributed by atoms with van der Waals surface area (Å²) in [6.07, 6.45) is 1.74. The number of carbonyl (C=O) groups is 1. The van der Waals surface area contributed by atoms with Gasteiger partial charge in [-0.2, -0.15) is 4.98 Å². The molecule has 0 bridgehead atoms. The van der Waals surface area contributed by atoms with Crippen molar-refractivity contribution in [2.24, 2.45) is 5.41 Å². The first-order valence-corrected chi connectivity index (χ1v) is 8.54. The number of benzene rings is 1. The van der Waals surface area contributed by atoms with Crippen LogP contribution in [0.2, 0.25) is 0 Å². The van der Waals surface area contributed by atoms with Gasteiger partial charge in [-0.05, 0) is 25.8 Å². The van der Waals surface area contributed by atoms with Crippen LogP contribution >= 0.6 is 0 Å². The van der Waals surface area contributed by atoms with Gasteiger partial charge < -0.3 is 9.42 Å². The molecule has 1 aliphatic rings. The number of piperidine rings is 1. The molecule has 0 saturated carbocycles. The first-order valence-electron chi connectivity index (χ1n) is 8.54. The molecule has 2 heterocycles. The van der Waals surface area contributed by atoms with Crippen molar-refractivity contribution in [2.45, 2.75) is 46.5 Å².